The highest BCUT2D eigenvalue weighted by Crippen LogP contribution is 2.05. The SMILES string of the molecule is CN[C@@H](C(=O)N(C)CCCN(C)C)C(C)C. The standard InChI is InChI=1S/C12H27N3O/c1-10(2)11(13-3)12(16)15(6)9-7-8-14(4)5/h10-11,13H,7-9H2,1-6H3/t11-/m1/s1. The summed E-state index contributed by atoms with van der Waals surface area (Å²) in [5.41, 5.74) is 0. The fourth-order valence-corrected chi connectivity index (χ4v) is 1.71. The summed E-state index contributed by atoms with van der Waals surface area (Å²) in [5, 5.41) is 3.08. The summed E-state index contributed by atoms with van der Waals surface area (Å²) in [6.45, 7) is 5.96. The van der Waals surface area contributed by atoms with E-state index in [9.17, 15) is 4.79 Å². The maximum atomic E-state index is 12.0. The normalized spacial score (nSPS) is 13.2. The van der Waals surface area contributed by atoms with Gasteiger partial charge in [0.05, 0.1) is 6.04 Å². The van der Waals surface area contributed by atoms with Gasteiger partial charge >= 0.3 is 0 Å². The number of carbonyl (C=O) groups excluding carboxylic acids is 1. The molecule has 0 aromatic carbocycles. The molecule has 0 aliphatic carbocycles. The molecule has 0 bridgehead atoms. The van der Waals surface area contributed by atoms with Crippen molar-refractivity contribution in [3.8, 4) is 0 Å². The average molecular weight is 229 g/mol. The van der Waals surface area contributed by atoms with Crippen LogP contribution in [0.25, 0.3) is 0 Å². The third-order valence-corrected chi connectivity index (χ3v) is 2.72. The van der Waals surface area contributed by atoms with E-state index in [1.807, 2.05) is 33.1 Å². The van der Waals surface area contributed by atoms with Crippen LogP contribution >= 0.6 is 0 Å². The lowest BCUT2D eigenvalue weighted by molar-refractivity contribution is -0.133. The Labute approximate surface area is 100.0 Å². The topological polar surface area (TPSA) is 35.6 Å². The quantitative estimate of drug-likeness (QED) is 0.696. The van der Waals surface area contributed by atoms with E-state index in [0.717, 1.165) is 19.5 Å². The Kier molecular flexibility index (Phi) is 7.34. The van der Waals surface area contributed by atoms with Crippen LogP contribution in [0.1, 0.15) is 20.3 Å². The smallest absolute Gasteiger partial charge is 0.239 e. The zero-order valence-electron chi connectivity index (χ0n) is 11.6. The molecule has 1 atom stereocenters. The van der Waals surface area contributed by atoms with Crippen molar-refractivity contribution < 1.29 is 4.79 Å². The van der Waals surface area contributed by atoms with Crippen molar-refractivity contribution in [2.45, 2.75) is 26.3 Å². The largest absolute Gasteiger partial charge is 0.344 e. The average Bonchev–Trinajstić information content (AvgIpc) is 2.17. The van der Waals surface area contributed by atoms with E-state index in [-0.39, 0.29) is 11.9 Å². The van der Waals surface area contributed by atoms with E-state index < -0.39 is 0 Å². The molecule has 0 rings (SSSR count). The van der Waals surface area contributed by atoms with Crippen molar-refractivity contribution in [1.82, 2.24) is 15.1 Å². The number of carbonyl (C=O) groups is 1. The van der Waals surface area contributed by atoms with Crippen LogP contribution in [0.15, 0.2) is 0 Å². The Morgan fingerprint density at radius 3 is 2.12 bits per heavy atom. The van der Waals surface area contributed by atoms with Gasteiger partial charge in [-0.3, -0.25) is 4.79 Å². The zero-order chi connectivity index (χ0) is 12.7. The highest BCUT2D eigenvalue weighted by molar-refractivity contribution is 5.81. The lowest BCUT2D eigenvalue weighted by Crippen LogP contribution is -2.47. The predicted octanol–water partition coefficient (Wildman–Crippen LogP) is 0.641. The number of nitrogens with zero attached hydrogens (tertiary/aromatic N) is 2. The van der Waals surface area contributed by atoms with E-state index >= 15 is 0 Å². The number of nitrogens with one attached hydrogen (secondary N) is 1. The summed E-state index contributed by atoms with van der Waals surface area (Å²) in [4.78, 5) is 16.0. The summed E-state index contributed by atoms with van der Waals surface area (Å²) in [6, 6.07) is -0.0654. The van der Waals surface area contributed by atoms with Gasteiger partial charge in [0.2, 0.25) is 5.91 Å². The van der Waals surface area contributed by atoms with E-state index in [1.54, 1.807) is 0 Å². The fraction of sp³-hybridized carbons (Fsp3) is 0.917. The van der Waals surface area contributed by atoms with Crippen LogP contribution in [0.2, 0.25) is 0 Å². The van der Waals surface area contributed by atoms with E-state index in [0.29, 0.717) is 5.92 Å². The Balaban J connectivity index is 4.06. The summed E-state index contributed by atoms with van der Waals surface area (Å²) < 4.78 is 0. The van der Waals surface area contributed by atoms with Crippen molar-refractivity contribution >= 4 is 5.91 Å². The molecule has 4 nitrogen and oxygen atoms in total. The Hall–Kier alpha value is -0.610. The molecule has 0 saturated heterocycles. The Morgan fingerprint density at radius 2 is 1.75 bits per heavy atom. The second kappa shape index (κ2) is 7.63. The van der Waals surface area contributed by atoms with Gasteiger partial charge < -0.3 is 15.1 Å². The minimum absolute atomic E-state index is 0.0654. The van der Waals surface area contributed by atoms with Crippen LogP contribution in [0.3, 0.4) is 0 Å². The van der Waals surface area contributed by atoms with Crippen molar-refractivity contribution in [3.05, 3.63) is 0 Å². The molecule has 0 saturated carbocycles. The molecule has 16 heavy (non-hydrogen) atoms. The van der Waals surface area contributed by atoms with E-state index in [1.165, 1.54) is 0 Å². The second-order valence-corrected chi connectivity index (χ2v) is 4.93. The molecule has 96 valence electrons. The third kappa shape index (κ3) is 5.47. The molecule has 0 aliphatic heterocycles. The van der Waals surface area contributed by atoms with Crippen LogP contribution in [0.4, 0.5) is 0 Å². The summed E-state index contributed by atoms with van der Waals surface area (Å²) in [7, 11) is 7.82. The van der Waals surface area contributed by atoms with Gasteiger partial charge in [-0.2, -0.15) is 0 Å². The molecule has 4 heteroatoms. The second-order valence-electron chi connectivity index (χ2n) is 4.93. The van der Waals surface area contributed by atoms with Crippen molar-refractivity contribution in [2.75, 3.05) is 41.3 Å². The van der Waals surface area contributed by atoms with Crippen molar-refractivity contribution in [2.24, 2.45) is 5.92 Å². The van der Waals surface area contributed by atoms with Gasteiger partial charge in [0.25, 0.3) is 0 Å². The number of amides is 1. The number of hydrogen-bond donors (Lipinski definition) is 1. The van der Waals surface area contributed by atoms with Crippen molar-refractivity contribution in [3.63, 3.8) is 0 Å². The molecule has 0 fully saturated rings. The molecule has 1 amide bonds. The summed E-state index contributed by atoms with van der Waals surface area (Å²) >= 11 is 0. The first-order chi connectivity index (χ1) is 7.40. The monoisotopic (exact) mass is 229 g/mol. The molecule has 0 aliphatic rings. The predicted molar refractivity (Wildman–Crippen MR) is 68.5 cm³/mol. The molecular formula is C12H27N3O. The Bertz CT molecular complexity index is 204. The van der Waals surface area contributed by atoms with Gasteiger partial charge in [-0.25, -0.2) is 0 Å². The first kappa shape index (κ1) is 15.4. The highest BCUT2D eigenvalue weighted by atomic mass is 16.2. The van der Waals surface area contributed by atoms with Crippen LogP contribution in [-0.2, 0) is 4.79 Å². The molecule has 0 radical (unpaired) electrons. The lowest BCUT2D eigenvalue weighted by Gasteiger charge is -2.26. The maximum Gasteiger partial charge on any atom is 0.239 e. The fourth-order valence-electron chi connectivity index (χ4n) is 1.71. The van der Waals surface area contributed by atoms with Crippen LogP contribution < -0.4 is 5.32 Å². The van der Waals surface area contributed by atoms with Crippen LogP contribution in [-0.4, -0.2) is 63.0 Å². The first-order valence-corrected chi connectivity index (χ1v) is 5.97. The zero-order valence-corrected chi connectivity index (χ0v) is 11.6. The molecule has 0 heterocycles. The first-order valence-electron chi connectivity index (χ1n) is 5.97. The van der Waals surface area contributed by atoms with Gasteiger partial charge in [-0.15, -0.1) is 0 Å². The summed E-state index contributed by atoms with van der Waals surface area (Å²) in [5.74, 6) is 0.519. The molecule has 0 aromatic heterocycles. The number of likely N-dealkylation sites (N-methyl/N-ethyl adjacent to an activating group) is 2. The molecule has 0 aromatic rings. The molecule has 0 spiro atoms. The summed E-state index contributed by atoms with van der Waals surface area (Å²) in [6.07, 6.45) is 1.02. The maximum absolute atomic E-state index is 12.0. The number of hydrogen-bond acceptors (Lipinski definition) is 3. The molecule has 1 N–H and O–H groups in total. The highest BCUT2D eigenvalue weighted by Gasteiger charge is 2.22. The van der Waals surface area contributed by atoms with Gasteiger partial charge in [-0.1, -0.05) is 13.8 Å². The van der Waals surface area contributed by atoms with Gasteiger partial charge in [-0.05, 0) is 40.0 Å². The van der Waals surface area contributed by atoms with Crippen molar-refractivity contribution in [1.29, 1.82) is 0 Å². The van der Waals surface area contributed by atoms with Gasteiger partial charge in [0.15, 0.2) is 0 Å². The van der Waals surface area contributed by atoms with E-state index in [4.69, 9.17) is 0 Å². The minimum Gasteiger partial charge on any atom is -0.344 e. The third-order valence-electron chi connectivity index (χ3n) is 2.72. The van der Waals surface area contributed by atoms with Crippen LogP contribution in [0.5, 0.6) is 0 Å². The van der Waals surface area contributed by atoms with Gasteiger partial charge in [0, 0.05) is 13.6 Å². The van der Waals surface area contributed by atoms with Crippen LogP contribution in [0, 0.1) is 5.92 Å². The van der Waals surface area contributed by atoms with E-state index in [2.05, 4.69) is 24.1 Å². The Morgan fingerprint density at radius 1 is 1.19 bits per heavy atom. The molecular weight excluding hydrogens is 202 g/mol. The number of rotatable bonds is 7. The molecule has 0 unspecified atom stereocenters. The lowest BCUT2D eigenvalue weighted by atomic mass is 10.0. The van der Waals surface area contributed by atoms with Gasteiger partial charge in [0.1, 0.15) is 0 Å². The minimum atomic E-state index is -0.0654.